The number of pyridine rings is 1. The van der Waals surface area contributed by atoms with Crippen molar-refractivity contribution in [2.45, 2.75) is 18.8 Å². The zero-order valence-corrected chi connectivity index (χ0v) is 18.4. The molecule has 0 radical (unpaired) electrons. The number of benzene rings is 1. The molecule has 2 fully saturated rings. The number of nitrogens with zero attached hydrogens (tertiary/aromatic N) is 6. The highest BCUT2D eigenvalue weighted by Gasteiger charge is 2.29. The van der Waals surface area contributed by atoms with Gasteiger partial charge in [0.15, 0.2) is 0 Å². The fraction of sp³-hybridized carbons (Fsp3) is 0.417. The maximum Gasteiger partial charge on any atom is 0.236 e. The number of anilines is 1. The number of piperazine rings is 1. The van der Waals surface area contributed by atoms with Crippen LogP contribution >= 0.6 is 0 Å². The SMILES string of the molecule is O=C(CN1CCCC(c2nc(-c3cccc(F)c3)no2)C1)N1CCN(c2ccccn2)CC1. The summed E-state index contributed by atoms with van der Waals surface area (Å²) in [6.45, 7) is 4.95. The first-order valence-electron chi connectivity index (χ1n) is 11.4. The van der Waals surface area contributed by atoms with Crippen molar-refractivity contribution in [1.82, 2.24) is 24.9 Å². The van der Waals surface area contributed by atoms with Crippen LogP contribution in [0.1, 0.15) is 24.7 Å². The summed E-state index contributed by atoms with van der Waals surface area (Å²) in [5.74, 6) is 1.80. The molecule has 2 aliphatic rings. The average molecular weight is 451 g/mol. The van der Waals surface area contributed by atoms with E-state index in [9.17, 15) is 9.18 Å². The molecular weight excluding hydrogens is 423 g/mol. The van der Waals surface area contributed by atoms with Crippen LogP contribution in [0.2, 0.25) is 0 Å². The lowest BCUT2D eigenvalue weighted by Crippen LogP contribution is -2.52. The molecule has 9 heteroatoms. The lowest BCUT2D eigenvalue weighted by atomic mass is 9.98. The van der Waals surface area contributed by atoms with E-state index in [0.29, 0.717) is 43.5 Å². The fourth-order valence-corrected chi connectivity index (χ4v) is 4.56. The third-order valence-electron chi connectivity index (χ3n) is 6.34. The van der Waals surface area contributed by atoms with Crippen molar-refractivity contribution in [2.24, 2.45) is 0 Å². The zero-order chi connectivity index (χ0) is 22.6. The molecule has 0 spiro atoms. The predicted molar refractivity (Wildman–Crippen MR) is 121 cm³/mol. The number of aromatic nitrogens is 3. The summed E-state index contributed by atoms with van der Waals surface area (Å²) in [5.41, 5.74) is 0.595. The molecule has 1 amide bonds. The molecule has 172 valence electrons. The number of halogens is 1. The minimum absolute atomic E-state index is 0.0716. The van der Waals surface area contributed by atoms with Gasteiger partial charge in [-0.15, -0.1) is 0 Å². The normalized spacial score (nSPS) is 19.6. The Morgan fingerprint density at radius 3 is 2.76 bits per heavy atom. The van der Waals surface area contributed by atoms with Gasteiger partial charge in [-0.3, -0.25) is 9.69 Å². The first kappa shape index (κ1) is 21.5. The van der Waals surface area contributed by atoms with Crippen molar-refractivity contribution in [1.29, 1.82) is 0 Å². The lowest BCUT2D eigenvalue weighted by Gasteiger charge is -2.37. The van der Waals surface area contributed by atoms with Crippen LogP contribution in [0, 0.1) is 5.82 Å². The Labute approximate surface area is 192 Å². The van der Waals surface area contributed by atoms with Gasteiger partial charge in [0.2, 0.25) is 17.6 Å². The Bertz CT molecular complexity index is 1080. The van der Waals surface area contributed by atoms with Gasteiger partial charge in [0.1, 0.15) is 11.6 Å². The van der Waals surface area contributed by atoms with Gasteiger partial charge in [0, 0.05) is 44.5 Å². The third-order valence-corrected chi connectivity index (χ3v) is 6.34. The Kier molecular flexibility index (Phi) is 6.30. The fourth-order valence-electron chi connectivity index (χ4n) is 4.56. The first-order chi connectivity index (χ1) is 16.2. The summed E-state index contributed by atoms with van der Waals surface area (Å²) in [4.78, 5) is 28.2. The highest BCUT2D eigenvalue weighted by atomic mass is 19.1. The molecule has 0 aliphatic carbocycles. The van der Waals surface area contributed by atoms with Gasteiger partial charge < -0.3 is 14.3 Å². The summed E-state index contributed by atoms with van der Waals surface area (Å²) in [7, 11) is 0. The lowest BCUT2D eigenvalue weighted by molar-refractivity contribution is -0.133. The Balaban J connectivity index is 1.15. The van der Waals surface area contributed by atoms with E-state index >= 15 is 0 Å². The number of carbonyl (C=O) groups is 1. The van der Waals surface area contributed by atoms with Crippen LogP contribution in [-0.4, -0.2) is 76.6 Å². The second-order valence-electron chi connectivity index (χ2n) is 8.60. The van der Waals surface area contributed by atoms with E-state index in [1.54, 1.807) is 18.3 Å². The molecule has 1 aromatic carbocycles. The number of hydrogen-bond donors (Lipinski definition) is 0. The largest absolute Gasteiger partial charge is 0.353 e. The van der Waals surface area contributed by atoms with E-state index in [0.717, 1.165) is 38.3 Å². The van der Waals surface area contributed by atoms with Gasteiger partial charge in [0.05, 0.1) is 12.5 Å². The van der Waals surface area contributed by atoms with E-state index in [1.165, 1.54) is 12.1 Å². The minimum atomic E-state index is -0.331. The van der Waals surface area contributed by atoms with E-state index < -0.39 is 0 Å². The maximum absolute atomic E-state index is 13.5. The number of carbonyl (C=O) groups excluding carboxylic acids is 1. The molecule has 2 saturated heterocycles. The molecule has 1 unspecified atom stereocenters. The topological polar surface area (TPSA) is 78.6 Å². The molecule has 4 heterocycles. The smallest absolute Gasteiger partial charge is 0.236 e. The van der Waals surface area contributed by atoms with Crippen LogP contribution < -0.4 is 4.90 Å². The van der Waals surface area contributed by atoms with Crippen molar-refractivity contribution in [3.05, 3.63) is 60.4 Å². The van der Waals surface area contributed by atoms with Gasteiger partial charge in [-0.25, -0.2) is 9.37 Å². The summed E-state index contributed by atoms with van der Waals surface area (Å²) in [5, 5.41) is 4.04. The summed E-state index contributed by atoms with van der Waals surface area (Å²) >= 11 is 0. The molecule has 0 saturated carbocycles. The number of piperidine rings is 1. The van der Waals surface area contributed by atoms with Crippen molar-refractivity contribution in [3.8, 4) is 11.4 Å². The standard InChI is InChI=1S/C24H27FN6O2/c25-20-7-3-5-18(15-20)23-27-24(33-28-23)19-6-4-10-29(16-19)17-22(32)31-13-11-30(12-14-31)21-8-1-2-9-26-21/h1-3,5,7-9,15,19H,4,6,10-14,16-17H2. The van der Waals surface area contributed by atoms with Crippen LogP contribution in [0.15, 0.2) is 53.2 Å². The number of amides is 1. The molecule has 0 bridgehead atoms. The van der Waals surface area contributed by atoms with Gasteiger partial charge in [-0.2, -0.15) is 4.98 Å². The molecule has 1 atom stereocenters. The van der Waals surface area contributed by atoms with Crippen molar-refractivity contribution in [2.75, 3.05) is 50.7 Å². The maximum atomic E-state index is 13.5. The highest BCUT2D eigenvalue weighted by Crippen LogP contribution is 2.28. The molecule has 5 rings (SSSR count). The van der Waals surface area contributed by atoms with Crippen molar-refractivity contribution in [3.63, 3.8) is 0 Å². The van der Waals surface area contributed by atoms with E-state index in [4.69, 9.17) is 4.52 Å². The van der Waals surface area contributed by atoms with Crippen LogP contribution in [0.25, 0.3) is 11.4 Å². The molecule has 2 aromatic heterocycles. The molecule has 8 nitrogen and oxygen atoms in total. The van der Waals surface area contributed by atoms with Crippen LogP contribution in [0.3, 0.4) is 0 Å². The summed E-state index contributed by atoms with van der Waals surface area (Å²) in [6.07, 6.45) is 3.69. The minimum Gasteiger partial charge on any atom is -0.353 e. The quantitative estimate of drug-likeness (QED) is 0.591. The molecular formula is C24H27FN6O2. The van der Waals surface area contributed by atoms with Gasteiger partial charge in [-0.05, 0) is 43.7 Å². The predicted octanol–water partition coefficient (Wildman–Crippen LogP) is 2.80. The summed E-state index contributed by atoms with van der Waals surface area (Å²) in [6, 6.07) is 12.1. The molecule has 0 N–H and O–H groups in total. The van der Waals surface area contributed by atoms with Crippen molar-refractivity contribution >= 4 is 11.7 Å². The van der Waals surface area contributed by atoms with Gasteiger partial charge in [-0.1, -0.05) is 23.4 Å². The Morgan fingerprint density at radius 2 is 1.97 bits per heavy atom. The number of rotatable bonds is 5. The van der Waals surface area contributed by atoms with E-state index in [-0.39, 0.29) is 17.6 Å². The van der Waals surface area contributed by atoms with E-state index in [2.05, 4.69) is 24.9 Å². The average Bonchev–Trinajstić information content (AvgIpc) is 3.35. The van der Waals surface area contributed by atoms with Gasteiger partial charge in [0.25, 0.3) is 0 Å². The number of likely N-dealkylation sites (tertiary alicyclic amines) is 1. The molecule has 3 aromatic rings. The second-order valence-corrected chi connectivity index (χ2v) is 8.60. The monoisotopic (exact) mass is 450 g/mol. The zero-order valence-electron chi connectivity index (χ0n) is 18.4. The Hall–Kier alpha value is -3.33. The molecule has 33 heavy (non-hydrogen) atoms. The van der Waals surface area contributed by atoms with Crippen LogP contribution in [0.4, 0.5) is 10.2 Å². The highest BCUT2D eigenvalue weighted by molar-refractivity contribution is 5.78. The van der Waals surface area contributed by atoms with E-state index in [1.807, 2.05) is 23.1 Å². The van der Waals surface area contributed by atoms with Crippen LogP contribution in [0.5, 0.6) is 0 Å². The molecule has 2 aliphatic heterocycles. The van der Waals surface area contributed by atoms with Crippen molar-refractivity contribution < 1.29 is 13.7 Å². The Morgan fingerprint density at radius 1 is 1.09 bits per heavy atom. The number of hydrogen-bond acceptors (Lipinski definition) is 7. The second kappa shape index (κ2) is 9.66. The van der Waals surface area contributed by atoms with Crippen LogP contribution in [-0.2, 0) is 4.79 Å². The third kappa shape index (κ3) is 5.03. The first-order valence-corrected chi connectivity index (χ1v) is 11.4. The summed E-state index contributed by atoms with van der Waals surface area (Å²) < 4.78 is 19.0. The van der Waals surface area contributed by atoms with Gasteiger partial charge >= 0.3 is 0 Å².